The maximum absolute atomic E-state index is 12.4. The van der Waals surface area contributed by atoms with Crippen molar-refractivity contribution in [1.29, 1.82) is 0 Å². The summed E-state index contributed by atoms with van der Waals surface area (Å²) >= 11 is -2.35. The van der Waals surface area contributed by atoms with Crippen LogP contribution in [-0.2, 0) is 54.8 Å². The summed E-state index contributed by atoms with van der Waals surface area (Å²) in [6, 6.07) is 17.2. The fourth-order valence-corrected chi connectivity index (χ4v) is 9.39. The number of ether oxygens (including phenoxy) is 2. The predicted molar refractivity (Wildman–Crippen MR) is 232 cm³/mol. The molecule has 0 bridgehead atoms. The summed E-state index contributed by atoms with van der Waals surface area (Å²) in [6.45, 7) is 21.5. The van der Waals surface area contributed by atoms with Gasteiger partial charge in [-0.25, -0.2) is 17.4 Å². The van der Waals surface area contributed by atoms with Crippen molar-refractivity contribution in [1.82, 2.24) is 9.03 Å². The maximum Gasteiger partial charge on any atom is 0.494 e. The molecule has 3 aromatic carbocycles. The minimum absolute atomic E-state index is 0.0922. The van der Waals surface area contributed by atoms with Crippen LogP contribution in [0.2, 0.25) is 0 Å². The molecule has 0 spiro atoms. The Labute approximate surface area is 354 Å². The summed E-state index contributed by atoms with van der Waals surface area (Å²) < 4.78 is 91.1. The van der Waals surface area contributed by atoms with Gasteiger partial charge in [-0.05, 0) is 150 Å². The molecular formula is C43H59B2N2O10S2-. The van der Waals surface area contributed by atoms with Gasteiger partial charge in [-0.15, -0.1) is 0 Å². The number of fused-ring (bicyclic) bond motifs is 6. The van der Waals surface area contributed by atoms with Crippen molar-refractivity contribution < 1.29 is 45.3 Å². The zero-order valence-electron chi connectivity index (χ0n) is 36.5. The summed E-state index contributed by atoms with van der Waals surface area (Å²) in [4.78, 5) is 0. The molecule has 4 aliphatic rings. The van der Waals surface area contributed by atoms with E-state index in [1.54, 1.807) is 0 Å². The number of nitrogens with zero attached hydrogens (tertiary/aromatic N) is 1. The van der Waals surface area contributed by atoms with E-state index < -0.39 is 70.1 Å². The molecule has 3 atom stereocenters. The molecule has 2 saturated heterocycles. The van der Waals surface area contributed by atoms with E-state index in [1.807, 2.05) is 33.8 Å². The zero-order chi connectivity index (χ0) is 43.1. The van der Waals surface area contributed by atoms with E-state index in [2.05, 4.69) is 88.7 Å². The lowest BCUT2D eigenvalue weighted by atomic mass is 9.72. The van der Waals surface area contributed by atoms with Crippen molar-refractivity contribution in [2.75, 3.05) is 39.6 Å². The Kier molecular flexibility index (Phi) is 11.9. The summed E-state index contributed by atoms with van der Waals surface area (Å²) in [5.74, 6) is -0.0922. The minimum atomic E-state index is -3.45. The summed E-state index contributed by atoms with van der Waals surface area (Å²) in [6.07, 6.45) is -0.535. The summed E-state index contributed by atoms with van der Waals surface area (Å²) in [5.41, 5.74) is 7.72. The molecule has 3 aromatic rings. The highest BCUT2D eigenvalue weighted by atomic mass is 32.2. The Bertz CT molecular complexity index is 2210. The maximum atomic E-state index is 12.4. The monoisotopic (exact) mass is 849 g/mol. The van der Waals surface area contributed by atoms with E-state index in [1.165, 1.54) is 29.5 Å². The van der Waals surface area contributed by atoms with Gasteiger partial charge in [-0.1, -0.05) is 50.2 Å². The first-order valence-corrected chi connectivity index (χ1v) is 23.2. The molecule has 320 valence electrons. The first kappa shape index (κ1) is 44.6. The molecule has 2 aliphatic heterocycles. The highest BCUT2D eigenvalue weighted by Gasteiger charge is 2.53. The van der Waals surface area contributed by atoms with Gasteiger partial charge >= 0.3 is 14.2 Å². The lowest BCUT2D eigenvalue weighted by molar-refractivity contribution is -0.0798. The number of benzene rings is 3. The van der Waals surface area contributed by atoms with E-state index in [0.717, 1.165) is 44.3 Å². The minimum Gasteiger partial charge on any atom is -0.760 e. The second-order valence-corrected chi connectivity index (χ2v) is 21.9. The largest absolute Gasteiger partial charge is 0.760 e. The van der Waals surface area contributed by atoms with Crippen molar-refractivity contribution in [3.05, 3.63) is 70.8 Å². The Morgan fingerprint density at radius 3 is 1.69 bits per heavy atom. The number of rotatable bonds is 14. The molecular weight excluding hydrogens is 790 g/mol. The summed E-state index contributed by atoms with van der Waals surface area (Å²) in [5, 5.41) is 0. The second-order valence-electron chi connectivity index (χ2n) is 18.8. The zero-order valence-corrected chi connectivity index (χ0v) is 38.2. The summed E-state index contributed by atoms with van der Waals surface area (Å²) in [7, 11) is -1.64. The van der Waals surface area contributed by atoms with Crippen LogP contribution in [0, 0.1) is 0 Å². The Balaban J connectivity index is 1.33. The fraction of sp³-hybridized carbons (Fsp3) is 0.581. The lowest BCUT2D eigenvalue weighted by Crippen LogP contribution is -2.41. The third-order valence-corrected chi connectivity index (χ3v) is 15.6. The van der Waals surface area contributed by atoms with E-state index in [9.17, 15) is 17.2 Å². The predicted octanol–water partition coefficient (Wildman–Crippen LogP) is 5.44. The van der Waals surface area contributed by atoms with E-state index >= 15 is 0 Å². The SMILES string of the molecule is CNS(=O)(=O)CCCOC1c2cc(B3OC(C)(C)C(C)(C)O3)ccc2-c2cc3c(cc2C1OCCCN(C)S(=O)[O-])-c1ccc(B2OC(C)(C)C(C)(C)O2)cc1C3(C)C. The molecule has 59 heavy (non-hydrogen) atoms. The first-order chi connectivity index (χ1) is 27.4. The standard InChI is InChI=1S/C43H60B2N2O10S2/c1-39(2)35-24-28(45-56-42(7,8)43(9,10)57-45)16-18-30(35)32-25-34-31(26-36(32)39)29-17-15-27(44-54-40(3,4)41(5,6)55-44)23-33(29)37(53-21-14-22-59(50,51)46-11)38(34)52-20-13-19-47(12)58(48)49/h15-18,23-26,37-38,46H,13-14,19-22H2,1-12H3,(H,48,49)/p-1. The van der Waals surface area contributed by atoms with E-state index in [4.69, 9.17) is 28.1 Å². The Morgan fingerprint density at radius 2 is 1.17 bits per heavy atom. The third kappa shape index (κ3) is 8.17. The molecule has 2 aliphatic carbocycles. The first-order valence-electron chi connectivity index (χ1n) is 20.5. The topological polar surface area (TPSA) is 145 Å². The number of hydrogen-bond donors (Lipinski definition) is 1. The fourth-order valence-electron chi connectivity index (χ4n) is 8.41. The van der Waals surface area contributed by atoms with E-state index in [0.29, 0.717) is 6.42 Å². The van der Waals surface area contributed by atoms with Gasteiger partial charge in [0.2, 0.25) is 10.0 Å². The van der Waals surface area contributed by atoms with E-state index in [-0.39, 0.29) is 37.3 Å². The highest BCUT2D eigenvalue weighted by Crippen LogP contribution is 2.55. The van der Waals surface area contributed by atoms with Gasteiger partial charge in [0, 0.05) is 36.4 Å². The molecule has 7 rings (SSSR count). The third-order valence-electron chi connectivity index (χ3n) is 13.5. The molecule has 2 fully saturated rings. The molecule has 3 unspecified atom stereocenters. The quantitative estimate of drug-likeness (QED) is 0.127. The molecule has 12 nitrogen and oxygen atoms in total. The molecule has 2 heterocycles. The molecule has 0 amide bonds. The van der Waals surface area contributed by atoms with Gasteiger partial charge in [-0.2, -0.15) is 0 Å². The average Bonchev–Trinajstić information content (AvgIpc) is 3.63. The van der Waals surface area contributed by atoms with Crippen molar-refractivity contribution in [3.8, 4) is 22.3 Å². The van der Waals surface area contributed by atoms with Crippen molar-refractivity contribution in [2.45, 2.75) is 122 Å². The van der Waals surface area contributed by atoms with Crippen LogP contribution in [-0.4, -0.2) is 97.7 Å². The van der Waals surface area contributed by atoms with Crippen LogP contribution >= 0.6 is 0 Å². The van der Waals surface area contributed by atoms with Crippen LogP contribution in [0.4, 0.5) is 0 Å². The molecule has 0 saturated carbocycles. The van der Waals surface area contributed by atoms with Crippen LogP contribution in [0.15, 0.2) is 48.5 Å². The lowest BCUT2D eigenvalue weighted by Gasteiger charge is -2.37. The van der Waals surface area contributed by atoms with Crippen molar-refractivity contribution in [3.63, 3.8) is 0 Å². The van der Waals surface area contributed by atoms with Crippen LogP contribution in [0.5, 0.6) is 0 Å². The van der Waals surface area contributed by atoms with Crippen molar-refractivity contribution in [2.24, 2.45) is 0 Å². The molecule has 0 aromatic heterocycles. The molecule has 16 heteroatoms. The molecule has 0 radical (unpaired) electrons. The smallest absolute Gasteiger partial charge is 0.494 e. The number of hydrogen-bond acceptors (Lipinski definition) is 10. The Morgan fingerprint density at radius 1 is 0.695 bits per heavy atom. The van der Waals surface area contributed by atoms with Crippen LogP contribution in [0.25, 0.3) is 22.3 Å². The second kappa shape index (κ2) is 15.7. The Hall–Kier alpha value is -2.47. The van der Waals surface area contributed by atoms with Gasteiger partial charge in [0.05, 0.1) is 28.2 Å². The van der Waals surface area contributed by atoms with Crippen molar-refractivity contribution >= 4 is 46.5 Å². The van der Waals surface area contributed by atoms with Gasteiger partial charge < -0.3 is 32.6 Å². The normalized spacial score (nSPS) is 23.6. The van der Waals surface area contributed by atoms with Gasteiger partial charge in [-0.3, -0.25) is 4.21 Å². The van der Waals surface area contributed by atoms with Gasteiger partial charge in [0.25, 0.3) is 0 Å². The average molecular weight is 850 g/mol. The number of sulfonamides is 1. The van der Waals surface area contributed by atoms with Crippen LogP contribution in [0.3, 0.4) is 0 Å². The van der Waals surface area contributed by atoms with Crippen LogP contribution < -0.4 is 15.6 Å². The van der Waals surface area contributed by atoms with Gasteiger partial charge in [0.15, 0.2) is 0 Å². The van der Waals surface area contributed by atoms with Gasteiger partial charge in [0.1, 0.15) is 12.2 Å². The highest BCUT2D eigenvalue weighted by molar-refractivity contribution is 7.89. The van der Waals surface area contributed by atoms with Crippen LogP contribution in [0.1, 0.15) is 117 Å². The molecule has 1 N–H and O–H groups in total. The number of nitrogens with one attached hydrogen (secondary N) is 1.